The summed E-state index contributed by atoms with van der Waals surface area (Å²) in [5, 5.41) is 0. The SMILES string of the molecule is Cc1cncc(-c2nc3cc(F)c(F)cc3[nH]2)c1. The quantitative estimate of drug-likeness (QED) is 0.715. The standard InChI is InChI=1S/C13H9F2N3/c1-7-2-8(6-16-5-7)13-17-11-3-9(14)10(15)4-12(11)18-13/h2-6H,1H3,(H,17,18). The predicted octanol–water partition coefficient (Wildman–Crippen LogP) is 3.21. The fraction of sp³-hybridized carbons (Fsp3) is 0.0769. The van der Waals surface area contributed by atoms with Gasteiger partial charge in [0.2, 0.25) is 0 Å². The van der Waals surface area contributed by atoms with Crippen molar-refractivity contribution in [2.75, 3.05) is 0 Å². The van der Waals surface area contributed by atoms with E-state index in [-0.39, 0.29) is 0 Å². The van der Waals surface area contributed by atoms with E-state index in [1.807, 2.05) is 13.0 Å². The number of halogens is 2. The minimum atomic E-state index is -0.900. The molecule has 3 aromatic rings. The first-order chi connectivity index (χ1) is 8.63. The van der Waals surface area contributed by atoms with Crippen molar-refractivity contribution in [1.82, 2.24) is 15.0 Å². The second kappa shape index (κ2) is 3.87. The number of aryl methyl sites for hydroxylation is 1. The Hall–Kier alpha value is -2.30. The van der Waals surface area contributed by atoms with Crippen LogP contribution in [0.25, 0.3) is 22.4 Å². The molecule has 0 unspecified atom stereocenters. The van der Waals surface area contributed by atoms with Crippen molar-refractivity contribution in [3.63, 3.8) is 0 Å². The van der Waals surface area contributed by atoms with E-state index in [1.54, 1.807) is 12.4 Å². The fourth-order valence-corrected chi connectivity index (χ4v) is 1.83. The van der Waals surface area contributed by atoms with Gasteiger partial charge in [-0.2, -0.15) is 0 Å². The lowest BCUT2D eigenvalue weighted by Gasteiger charge is -1.96. The largest absolute Gasteiger partial charge is 0.338 e. The zero-order valence-corrected chi connectivity index (χ0v) is 9.54. The molecule has 0 atom stereocenters. The highest BCUT2D eigenvalue weighted by atomic mass is 19.2. The van der Waals surface area contributed by atoms with Gasteiger partial charge >= 0.3 is 0 Å². The summed E-state index contributed by atoms with van der Waals surface area (Å²) in [6.45, 7) is 1.92. The smallest absolute Gasteiger partial charge is 0.161 e. The molecule has 3 rings (SSSR count). The molecular formula is C13H9F2N3. The topological polar surface area (TPSA) is 41.6 Å². The molecule has 0 saturated heterocycles. The lowest BCUT2D eigenvalue weighted by Crippen LogP contribution is -1.83. The highest BCUT2D eigenvalue weighted by Crippen LogP contribution is 2.22. The molecular weight excluding hydrogens is 236 g/mol. The Morgan fingerprint density at radius 2 is 1.83 bits per heavy atom. The Morgan fingerprint density at radius 3 is 2.61 bits per heavy atom. The van der Waals surface area contributed by atoms with Crippen LogP contribution in [0.1, 0.15) is 5.56 Å². The van der Waals surface area contributed by atoms with Crippen LogP contribution in [0, 0.1) is 18.6 Å². The first-order valence-corrected chi connectivity index (χ1v) is 5.40. The van der Waals surface area contributed by atoms with E-state index in [0.717, 1.165) is 23.3 Å². The van der Waals surface area contributed by atoms with Gasteiger partial charge in [-0.1, -0.05) is 0 Å². The summed E-state index contributed by atoms with van der Waals surface area (Å²) >= 11 is 0. The monoisotopic (exact) mass is 245 g/mol. The van der Waals surface area contributed by atoms with Gasteiger partial charge < -0.3 is 4.98 Å². The normalized spacial score (nSPS) is 11.1. The number of hydrogen-bond donors (Lipinski definition) is 1. The number of rotatable bonds is 1. The van der Waals surface area contributed by atoms with Crippen LogP contribution >= 0.6 is 0 Å². The van der Waals surface area contributed by atoms with Gasteiger partial charge in [0.05, 0.1) is 11.0 Å². The maximum Gasteiger partial charge on any atom is 0.161 e. The first kappa shape index (κ1) is 10.8. The van der Waals surface area contributed by atoms with Crippen LogP contribution in [0.3, 0.4) is 0 Å². The summed E-state index contributed by atoms with van der Waals surface area (Å²) in [7, 11) is 0. The van der Waals surface area contributed by atoms with Crippen molar-refractivity contribution in [3.8, 4) is 11.4 Å². The number of hydrogen-bond acceptors (Lipinski definition) is 2. The van der Waals surface area contributed by atoms with Crippen molar-refractivity contribution >= 4 is 11.0 Å². The van der Waals surface area contributed by atoms with Crippen molar-refractivity contribution in [2.45, 2.75) is 6.92 Å². The molecule has 0 bridgehead atoms. The van der Waals surface area contributed by atoms with Gasteiger partial charge in [0, 0.05) is 30.1 Å². The zero-order valence-electron chi connectivity index (χ0n) is 9.54. The van der Waals surface area contributed by atoms with Crippen LogP contribution in [0.4, 0.5) is 8.78 Å². The highest BCUT2D eigenvalue weighted by Gasteiger charge is 2.10. The number of aromatic nitrogens is 3. The van der Waals surface area contributed by atoms with Gasteiger partial charge in [0.25, 0.3) is 0 Å². The number of fused-ring (bicyclic) bond motifs is 1. The van der Waals surface area contributed by atoms with Gasteiger partial charge in [0.1, 0.15) is 5.82 Å². The third kappa shape index (κ3) is 1.73. The molecule has 0 saturated carbocycles. The molecule has 1 N–H and O–H groups in total. The molecule has 0 aliphatic carbocycles. The van der Waals surface area contributed by atoms with E-state index < -0.39 is 11.6 Å². The number of benzene rings is 1. The molecule has 18 heavy (non-hydrogen) atoms. The van der Waals surface area contributed by atoms with Crippen LogP contribution in [-0.2, 0) is 0 Å². The number of nitrogens with zero attached hydrogens (tertiary/aromatic N) is 2. The van der Waals surface area contributed by atoms with Gasteiger partial charge in [-0.15, -0.1) is 0 Å². The summed E-state index contributed by atoms with van der Waals surface area (Å²) in [5.74, 6) is -1.24. The van der Waals surface area contributed by atoms with Gasteiger partial charge in [-0.25, -0.2) is 13.8 Å². The number of nitrogens with one attached hydrogen (secondary N) is 1. The molecule has 0 amide bonds. The van der Waals surface area contributed by atoms with Gasteiger partial charge in [-0.05, 0) is 18.6 Å². The molecule has 0 fully saturated rings. The van der Waals surface area contributed by atoms with E-state index in [1.165, 1.54) is 0 Å². The van der Waals surface area contributed by atoms with E-state index in [9.17, 15) is 8.78 Å². The van der Waals surface area contributed by atoms with Crippen LogP contribution in [-0.4, -0.2) is 15.0 Å². The van der Waals surface area contributed by atoms with E-state index in [0.29, 0.717) is 16.9 Å². The van der Waals surface area contributed by atoms with Crippen LogP contribution in [0.5, 0.6) is 0 Å². The fourth-order valence-electron chi connectivity index (χ4n) is 1.83. The molecule has 90 valence electrons. The average Bonchev–Trinajstić information content (AvgIpc) is 2.73. The summed E-state index contributed by atoms with van der Waals surface area (Å²) < 4.78 is 26.2. The molecule has 2 aromatic heterocycles. The lowest BCUT2D eigenvalue weighted by atomic mass is 10.2. The summed E-state index contributed by atoms with van der Waals surface area (Å²) in [5.41, 5.74) is 2.63. The van der Waals surface area contributed by atoms with Crippen LogP contribution < -0.4 is 0 Å². The Labute approximate surface area is 102 Å². The van der Waals surface area contributed by atoms with Crippen molar-refractivity contribution in [1.29, 1.82) is 0 Å². The van der Waals surface area contributed by atoms with E-state index >= 15 is 0 Å². The van der Waals surface area contributed by atoms with Crippen molar-refractivity contribution in [2.24, 2.45) is 0 Å². The minimum absolute atomic E-state index is 0.394. The Morgan fingerprint density at radius 1 is 1.06 bits per heavy atom. The number of aromatic amines is 1. The number of imidazole rings is 1. The lowest BCUT2D eigenvalue weighted by molar-refractivity contribution is 0.510. The average molecular weight is 245 g/mol. The minimum Gasteiger partial charge on any atom is -0.338 e. The van der Waals surface area contributed by atoms with Crippen LogP contribution in [0.15, 0.2) is 30.6 Å². The Kier molecular flexibility index (Phi) is 2.33. The van der Waals surface area contributed by atoms with E-state index in [4.69, 9.17) is 0 Å². The molecule has 0 spiro atoms. The summed E-state index contributed by atoms with van der Waals surface area (Å²) in [6.07, 6.45) is 3.38. The second-order valence-corrected chi connectivity index (χ2v) is 4.12. The second-order valence-electron chi connectivity index (χ2n) is 4.12. The van der Waals surface area contributed by atoms with Gasteiger partial charge in [-0.3, -0.25) is 4.98 Å². The maximum absolute atomic E-state index is 13.1. The number of H-pyrrole nitrogens is 1. The van der Waals surface area contributed by atoms with Crippen molar-refractivity contribution < 1.29 is 8.78 Å². The highest BCUT2D eigenvalue weighted by molar-refractivity contribution is 5.79. The van der Waals surface area contributed by atoms with Gasteiger partial charge in [0.15, 0.2) is 11.6 Å². The molecule has 1 aromatic carbocycles. The maximum atomic E-state index is 13.1. The molecule has 0 radical (unpaired) electrons. The van der Waals surface area contributed by atoms with E-state index in [2.05, 4.69) is 15.0 Å². The first-order valence-electron chi connectivity index (χ1n) is 5.40. The molecule has 0 aliphatic rings. The number of pyridine rings is 1. The molecule has 5 heteroatoms. The van der Waals surface area contributed by atoms with Crippen LogP contribution in [0.2, 0.25) is 0 Å². The third-order valence-electron chi connectivity index (χ3n) is 2.67. The molecule has 3 nitrogen and oxygen atoms in total. The molecule has 0 aliphatic heterocycles. The molecule has 2 heterocycles. The third-order valence-corrected chi connectivity index (χ3v) is 2.67. The summed E-state index contributed by atoms with van der Waals surface area (Å²) in [4.78, 5) is 11.2. The Balaban J connectivity index is 2.19. The Bertz CT molecular complexity index is 695. The van der Waals surface area contributed by atoms with Crippen molar-refractivity contribution in [3.05, 3.63) is 47.8 Å². The predicted molar refractivity (Wildman–Crippen MR) is 64.0 cm³/mol. The summed E-state index contributed by atoms with van der Waals surface area (Å²) in [6, 6.07) is 4.08. The zero-order chi connectivity index (χ0) is 12.7.